The molecular weight excluding hydrogens is 422 g/mol. The molecule has 0 heterocycles. The lowest BCUT2D eigenvalue weighted by atomic mass is 10.0. The Hall–Kier alpha value is -0.0400. The molecule has 0 aromatic heterocycles. The predicted octanol–water partition coefficient (Wildman–Crippen LogP) is 12.1. The lowest BCUT2D eigenvalue weighted by Crippen LogP contribution is -2.27. The number of nitrogens with zero attached hydrogens (tertiary/aromatic N) is 1. The molecule has 0 aromatic rings. The quantitative estimate of drug-likeness (QED) is 0.0899. The van der Waals surface area contributed by atoms with E-state index >= 15 is 0 Å². The third kappa shape index (κ3) is 30.1. The average molecular weight is 494 g/mol. The first-order chi connectivity index (χ1) is 17.2. The van der Waals surface area contributed by atoms with Crippen LogP contribution in [-0.4, -0.2) is 24.5 Å². The van der Waals surface area contributed by atoms with Crippen LogP contribution in [0.3, 0.4) is 0 Å². The van der Waals surface area contributed by atoms with Gasteiger partial charge in [0.15, 0.2) is 0 Å². The average Bonchev–Trinajstić information content (AvgIpc) is 2.84. The molecule has 0 atom stereocenters. The smallest absolute Gasteiger partial charge is 0.00187 e. The van der Waals surface area contributed by atoms with Crippen molar-refractivity contribution in [3.05, 3.63) is 0 Å². The maximum Gasteiger partial charge on any atom is -0.00187 e. The Balaban J connectivity index is 3.80. The van der Waals surface area contributed by atoms with Crippen LogP contribution in [0.5, 0.6) is 0 Å². The molecule has 35 heavy (non-hydrogen) atoms. The zero-order valence-electron chi connectivity index (χ0n) is 25.5. The summed E-state index contributed by atoms with van der Waals surface area (Å²) < 4.78 is 0. The van der Waals surface area contributed by atoms with E-state index in [0.29, 0.717) is 0 Å². The molecule has 0 spiro atoms. The Bertz CT molecular complexity index is 338. The van der Waals surface area contributed by atoms with Crippen molar-refractivity contribution in [2.75, 3.05) is 19.6 Å². The molecule has 212 valence electrons. The van der Waals surface area contributed by atoms with Crippen LogP contribution in [-0.2, 0) is 0 Å². The fourth-order valence-electron chi connectivity index (χ4n) is 5.40. The number of hydrogen-bond donors (Lipinski definition) is 0. The third-order valence-corrected chi connectivity index (χ3v) is 7.91. The van der Waals surface area contributed by atoms with E-state index in [1.807, 2.05) is 0 Å². The van der Waals surface area contributed by atoms with Gasteiger partial charge in [0.05, 0.1) is 0 Å². The second-order valence-corrected chi connectivity index (χ2v) is 12.2. The van der Waals surface area contributed by atoms with Gasteiger partial charge in [-0.2, -0.15) is 0 Å². The summed E-state index contributed by atoms with van der Waals surface area (Å²) in [6.07, 6.45) is 37.7. The van der Waals surface area contributed by atoms with E-state index in [0.717, 1.165) is 5.92 Å². The van der Waals surface area contributed by atoms with E-state index < -0.39 is 0 Å². The van der Waals surface area contributed by atoms with Gasteiger partial charge in [0.2, 0.25) is 0 Å². The first kappa shape index (κ1) is 35.0. The minimum absolute atomic E-state index is 0.874. The molecule has 0 bridgehead atoms. The zero-order chi connectivity index (χ0) is 25.7. The SMILES string of the molecule is CCCCCCCCCCCCCN(CCCCCCCCCCCCC)CCCCCC(C)C. The second-order valence-electron chi connectivity index (χ2n) is 12.2. The summed E-state index contributed by atoms with van der Waals surface area (Å²) in [5.41, 5.74) is 0. The van der Waals surface area contributed by atoms with Crippen LogP contribution in [0.25, 0.3) is 0 Å². The predicted molar refractivity (Wildman–Crippen MR) is 163 cm³/mol. The van der Waals surface area contributed by atoms with Gasteiger partial charge >= 0.3 is 0 Å². The molecule has 0 saturated carbocycles. The molecule has 0 saturated heterocycles. The summed E-state index contributed by atoms with van der Waals surface area (Å²) in [6.45, 7) is 13.4. The molecule has 0 N–H and O–H groups in total. The molecule has 0 aliphatic rings. The van der Waals surface area contributed by atoms with Gasteiger partial charge in [-0.3, -0.25) is 0 Å². The standard InChI is InChI=1S/C34H71N/c1-5-7-9-11-13-15-17-19-21-23-27-31-35(33-29-25-26-30-34(3)4)32-28-24-22-20-18-16-14-12-10-8-6-2/h34H,5-33H2,1-4H3. The monoisotopic (exact) mass is 494 g/mol. The van der Waals surface area contributed by atoms with Gasteiger partial charge in [-0.15, -0.1) is 0 Å². The summed E-state index contributed by atoms with van der Waals surface area (Å²) in [5.74, 6) is 0.874. The summed E-state index contributed by atoms with van der Waals surface area (Å²) in [7, 11) is 0. The molecule has 0 aromatic carbocycles. The minimum Gasteiger partial charge on any atom is -0.303 e. The van der Waals surface area contributed by atoms with Gasteiger partial charge in [0, 0.05) is 0 Å². The highest BCUT2D eigenvalue weighted by Crippen LogP contribution is 2.14. The van der Waals surface area contributed by atoms with Gasteiger partial charge in [-0.1, -0.05) is 175 Å². The Morgan fingerprint density at radius 2 is 0.600 bits per heavy atom. The third-order valence-electron chi connectivity index (χ3n) is 7.91. The van der Waals surface area contributed by atoms with Crippen molar-refractivity contribution in [3.63, 3.8) is 0 Å². The molecule has 0 aliphatic carbocycles. The molecule has 0 radical (unpaired) electrons. The van der Waals surface area contributed by atoms with Crippen molar-refractivity contribution in [2.24, 2.45) is 5.92 Å². The summed E-state index contributed by atoms with van der Waals surface area (Å²) in [5, 5.41) is 0. The molecule has 0 aliphatic heterocycles. The van der Waals surface area contributed by atoms with Gasteiger partial charge in [0.25, 0.3) is 0 Å². The minimum atomic E-state index is 0.874. The Morgan fingerprint density at radius 1 is 0.343 bits per heavy atom. The van der Waals surface area contributed by atoms with Gasteiger partial charge in [-0.05, 0) is 44.8 Å². The summed E-state index contributed by atoms with van der Waals surface area (Å²) in [4.78, 5) is 2.83. The van der Waals surface area contributed by atoms with Crippen molar-refractivity contribution in [1.82, 2.24) is 4.90 Å². The molecule has 0 amide bonds. The van der Waals surface area contributed by atoms with Crippen LogP contribution in [0.1, 0.15) is 195 Å². The Labute approximate surface area is 225 Å². The normalized spacial score (nSPS) is 11.8. The van der Waals surface area contributed by atoms with E-state index in [4.69, 9.17) is 0 Å². The lowest BCUT2D eigenvalue weighted by Gasteiger charge is -2.22. The first-order valence-corrected chi connectivity index (χ1v) is 16.9. The molecule has 0 rings (SSSR count). The van der Waals surface area contributed by atoms with Gasteiger partial charge in [-0.25, -0.2) is 0 Å². The highest BCUT2D eigenvalue weighted by atomic mass is 15.1. The Kier molecular flexibility index (Phi) is 30.2. The van der Waals surface area contributed by atoms with Crippen LogP contribution in [0.15, 0.2) is 0 Å². The second kappa shape index (κ2) is 30.2. The zero-order valence-corrected chi connectivity index (χ0v) is 25.5. The van der Waals surface area contributed by atoms with Crippen LogP contribution in [0, 0.1) is 5.92 Å². The van der Waals surface area contributed by atoms with E-state index in [1.165, 1.54) is 187 Å². The fraction of sp³-hybridized carbons (Fsp3) is 1.00. The number of rotatable bonds is 30. The fourth-order valence-corrected chi connectivity index (χ4v) is 5.40. The molecule has 1 heteroatoms. The van der Waals surface area contributed by atoms with Crippen LogP contribution >= 0.6 is 0 Å². The lowest BCUT2D eigenvalue weighted by molar-refractivity contribution is 0.253. The van der Waals surface area contributed by atoms with Gasteiger partial charge in [0.1, 0.15) is 0 Å². The molecular formula is C34H71N. The first-order valence-electron chi connectivity index (χ1n) is 16.9. The number of hydrogen-bond acceptors (Lipinski definition) is 1. The van der Waals surface area contributed by atoms with Crippen LogP contribution in [0.2, 0.25) is 0 Å². The molecule has 1 nitrogen and oxygen atoms in total. The van der Waals surface area contributed by atoms with Crippen molar-refractivity contribution in [2.45, 2.75) is 195 Å². The largest absolute Gasteiger partial charge is 0.303 e. The van der Waals surface area contributed by atoms with E-state index in [1.54, 1.807) is 0 Å². The Morgan fingerprint density at radius 3 is 0.886 bits per heavy atom. The summed E-state index contributed by atoms with van der Waals surface area (Å²) >= 11 is 0. The molecule has 0 fully saturated rings. The highest BCUT2D eigenvalue weighted by Gasteiger charge is 2.05. The summed E-state index contributed by atoms with van der Waals surface area (Å²) in [6, 6.07) is 0. The van der Waals surface area contributed by atoms with Crippen molar-refractivity contribution < 1.29 is 0 Å². The van der Waals surface area contributed by atoms with E-state index in [-0.39, 0.29) is 0 Å². The van der Waals surface area contributed by atoms with Crippen LogP contribution < -0.4 is 0 Å². The number of unbranched alkanes of at least 4 members (excludes halogenated alkanes) is 22. The molecule has 0 unspecified atom stereocenters. The maximum atomic E-state index is 2.83. The van der Waals surface area contributed by atoms with E-state index in [9.17, 15) is 0 Å². The van der Waals surface area contributed by atoms with Gasteiger partial charge < -0.3 is 4.90 Å². The van der Waals surface area contributed by atoms with Crippen molar-refractivity contribution in [3.8, 4) is 0 Å². The highest BCUT2D eigenvalue weighted by molar-refractivity contribution is 4.61. The van der Waals surface area contributed by atoms with E-state index in [2.05, 4.69) is 32.6 Å². The maximum absolute atomic E-state index is 2.83. The van der Waals surface area contributed by atoms with Crippen LogP contribution in [0.4, 0.5) is 0 Å². The van der Waals surface area contributed by atoms with Crippen molar-refractivity contribution >= 4 is 0 Å². The van der Waals surface area contributed by atoms with Crippen molar-refractivity contribution in [1.29, 1.82) is 0 Å². The topological polar surface area (TPSA) is 3.24 Å².